The Kier molecular flexibility index (Phi) is 8.94. The number of nitrogens with zero attached hydrogens (tertiary/aromatic N) is 1. The Hall–Kier alpha value is -3.78. The zero-order valence-corrected chi connectivity index (χ0v) is 20.4. The van der Waals surface area contributed by atoms with Crippen molar-refractivity contribution >= 4 is 29.6 Å². The molecule has 0 radical (unpaired) electrons. The topological polar surface area (TPSA) is 187 Å². The fourth-order valence-corrected chi connectivity index (χ4v) is 3.22. The van der Waals surface area contributed by atoms with Crippen LogP contribution in [-0.2, 0) is 38.1 Å². The van der Waals surface area contributed by atoms with E-state index in [0.29, 0.717) is 0 Å². The Balaban J connectivity index is 2.56. The van der Waals surface area contributed by atoms with Gasteiger partial charge in [0.2, 0.25) is 6.29 Å². The maximum absolute atomic E-state index is 12.7. The Morgan fingerprint density at radius 1 is 1.06 bits per heavy atom. The third-order valence-electron chi connectivity index (χ3n) is 4.60. The first kappa shape index (κ1) is 28.5. The highest BCUT2D eigenvalue weighted by atomic mass is 16.7. The minimum atomic E-state index is -1.86. The summed E-state index contributed by atoms with van der Waals surface area (Å²) >= 11 is 0. The number of aliphatic hydroxyl groups excluding tert-OH is 1. The molecule has 1 aromatic carbocycles. The van der Waals surface area contributed by atoms with E-state index in [1.165, 1.54) is 0 Å². The molecule has 1 N–H and O–H groups in total. The number of benzene rings is 1. The molecule has 0 amide bonds. The van der Waals surface area contributed by atoms with Crippen LogP contribution in [0.1, 0.15) is 45.0 Å². The average Bonchev–Trinajstić information content (AvgIpc) is 2.75. The molecule has 1 unspecified atom stereocenters. The second-order valence-electron chi connectivity index (χ2n) is 8.64. The van der Waals surface area contributed by atoms with Crippen LogP contribution in [0.2, 0.25) is 0 Å². The number of methoxy groups -OCH3 is 1. The number of non-ortho nitro benzene ring substituents is 1. The SMILES string of the molecule is COC(=O)C1O[C@@H](Oc2cc([N+](=O)[O-])ccc2C(=O)OC(C)(C)C)[C@H](OC(C)=O)[C@@H](O)[C@@H]1OC(C)=O. The summed E-state index contributed by atoms with van der Waals surface area (Å²) in [6.45, 7) is 6.83. The number of hydrogen-bond donors (Lipinski definition) is 1. The van der Waals surface area contributed by atoms with E-state index < -0.39 is 76.5 Å². The minimum absolute atomic E-state index is 0.257. The van der Waals surface area contributed by atoms with Crippen molar-refractivity contribution in [2.24, 2.45) is 0 Å². The second kappa shape index (κ2) is 11.3. The van der Waals surface area contributed by atoms with Crippen molar-refractivity contribution in [3.05, 3.63) is 33.9 Å². The highest BCUT2D eigenvalue weighted by molar-refractivity contribution is 5.93. The largest absolute Gasteiger partial charge is 0.467 e. The van der Waals surface area contributed by atoms with Crippen molar-refractivity contribution in [3.8, 4) is 5.75 Å². The van der Waals surface area contributed by atoms with E-state index in [1.54, 1.807) is 20.8 Å². The summed E-state index contributed by atoms with van der Waals surface area (Å²) in [7, 11) is 1.01. The van der Waals surface area contributed by atoms with Gasteiger partial charge in [0.1, 0.15) is 23.0 Å². The van der Waals surface area contributed by atoms with Gasteiger partial charge in [-0.2, -0.15) is 0 Å². The number of esters is 4. The van der Waals surface area contributed by atoms with Gasteiger partial charge in [0, 0.05) is 19.9 Å². The Morgan fingerprint density at radius 3 is 2.14 bits per heavy atom. The monoisotopic (exact) mass is 513 g/mol. The quantitative estimate of drug-likeness (QED) is 0.236. The van der Waals surface area contributed by atoms with Crippen molar-refractivity contribution in [2.75, 3.05) is 7.11 Å². The van der Waals surface area contributed by atoms with Crippen LogP contribution in [0.15, 0.2) is 18.2 Å². The number of ether oxygens (including phenoxy) is 6. The molecule has 2 rings (SSSR count). The third-order valence-corrected chi connectivity index (χ3v) is 4.60. The number of hydrogen-bond acceptors (Lipinski definition) is 13. The van der Waals surface area contributed by atoms with E-state index in [9.17, 15) is 34.4 Å². The smallest absolute Gasteiger partial charge is 0.342 e. The van der Waals surface area contributed by atoms with Crippen LogP contribution in [0.5, 0.6) is 5.75 Å². The van der Waals surface area contributed by atoms with Crippen LogP contribution in [0.4, 0.5) is 5.69 Å². The summed E-state index contributed by atoms with van der Waals surface area (Å²) in [6, 6.07) is 3.02. The fourth-order valence-electron chi connectivity index (χ4n) is 3.22. The molecule has 1 aliphatic heterocycles. The minimum Gasteiger partial charge on any atom is -0.467 e. The lowest BCUT2D eigenvalue weighted by molar-refractivity contribution is -0.385. The van der Waals surface area contributed by atoms with Crippen LogP contribution in [0.25, 0.3) is 0 Å². The summed E-state index contributed by atoms with van der Waals surface area (Å²) in [5.41, 5.74) is -1.66. The predicted octanol–water partition coefficient (Wildman–Crippen LogP) is 1.05. The summed E-state index contributed by atoms with van der Waals surface area (Å²) in [5.74, 6) is -4.19. The highest BCUT2D eigenvalue weighted by Crippen LogP contribution is 2.33. The Labute approximate surface area is 205 Å². The molecule has 1 aliphatic rings. The van der Waals surface area contributed by atoms with Crippen LogP contribution in [-0.4, -0.2) is 77.3 Å². The number of nitro groups is 1. The molecule has 0 aliphatic carbocycles. The van der Waals surface area contributed by atoms with E-state index in [-0.39, 0.29) is 5.56 Å². The molecule has 1 saturated heterocycles. The van der Waals surface area contributed by atoms with Crippen LogP contribution in [0, 0.1) is 10.1 Å². The van der Waals surface area contributed by atoms with Crippen molar-refractivity contribution in [1.82, 2.24) is 0 Å². The van der Waals surface area contributed by atoms with Gasteiger partial charge in [-0.1, -0.05) is 0 Å². The van der Waals surface area contributed by atoms with Gasteiger partial charge in [-0.25, -0.2) is 9.59 Å². The summed E-state index contributed by atoms with van der Waals surface area (Å²) in [5, 5.41) is 22.2. The van der Waals surface area contributed by atoms with Gasteiger partial charge in [0.25, 0.3) is 5.69 Å². The number of carbonyl (C=O) groups is 4. The van der Waals surface area contributed by atoms with Gasteiger partial charge in [0.15, 0.2) is 18.3 Å². The van der Waals surface area contributed by atoms with E-state index in [0.717, 1.165) is 39.2 Å². The van der Waals surface area contributed by atoms with Gasteiger partial charge in [-0.05, 0) is 26.8 Å². The van der Waals surface area contributed by atoms with Crippen LogP contribution >= 0.6 is 0 Å². The van der Waals surface area contributed by atoms with Gasteiger partial charge >= 0.3 is 23.9 Å². The first-order chi connectivity index (χ1) is 16.6. The van der Waals surface area contributed by atoms with Gasteiger partial charge < -0.3 is 33.5 Å². The zero-order valence-electron chi connectivity index (χ0n) is 20.4. The molecule has 1 fully saturated rings. The number of rotatable bonds is 7. The molecule has 1 aromatic rings. The predicted molar refractivity (Wildman–Crippen MR) is 117 cm³/mol. The first-order valence-electron chi connectivity index (χ1n) is 10.6. The van der Waals surface area contributed by atoms with E-state index >= 15 is 0 Å². The molecule has 198 valence electrons. The molecule has 36 heavy (non-hydrogen) atoms. The summed E-state index contributed by atoms with van der Waals surface area (Å²) in [4.78, 5) is 58.9. The van der Waals surface area contributed by atoms with Crippen LogP contribution in [0.3, 0.4) is 0 Å². The molecule has 0 aromatic heterocycles. The molecule has 0 saturated carbocycles. The van der Waals surface area contributed by atoms with Gasteiger partial charge in [-0.15, -0.1) is 0 Å². The fraction of sp³-hybridized carbons (Fsp3) is 0.545. The standard InChI is InChI=1S/C22H27NO13/c1-10(24)32-16-15(26)17(33-11(2)25)21(35-18(16)20(28)31-6)34-14-9-12(23(29)30)7-8-13(14)19(27)36-22(3,4)5/h7-9,15-18,21,26H,1-6H3/t15-,16-,17+,18?,21+/m0/s1. The normalized spacial score (nSPS) is 23.7. The molecular weight excluding hydrogens is 486 g/mol. The second-order valence-corrected chi connectivity index (χ2v) is 8.64. The average molecular weight is 513 g/mol. The Bertz CT molecular complexity index is 1030. The number of aliphatic hydroxyl groups is 1. The van der Waals surface area contributed by atoms with Crippen molar-refractivity contribution in [3.63, 3.8) is 0 Å². The lowest BCUT2D eigenvalue weighted by Gasteiger charge is -2.41. The summed E-state index contributed by atoms with van der Waals surface area (Å²) < 4.78 is 31.2. The summed E-state index contributed by atoms with van der Waals surface area (Å²) in [6.07, 6.45) is -8.75. The molecule has 1 heterocycles. The van der Waals surface area contributed by atoms with Crippen molar-refractivity contribution in [2.45, 2.75) is 70.9 Å². The molecular formula is C22H27NO13. The molecule has 0 spiro atoms. The number of carbonyl (C=O) groups excluding carboxylic acids is 4. The highest BCUT2D eigenvalue weighted by Gasteiger charge is 2.53. The first-order valence-corrected chi connectivity index (χ1v) is 10.6. The van der Waals surface area contributed by atoms with Crippen LogP contribution < -0.4 is 4.74 Å². The molecule has 14 heteroatoms. The van der Waals surface area contributed by atoms with Gasteiger partial charge in [0.05, 0.1) is 18.1 Å². The van der Waals surface area contributed by atoms with Crippen molar-refractivity contribution in [1.29, 1.82) is 0 Å². The zero-order chi connectivity index (χ0) is 27.4. The lowest BCUT2D eigenvalue weighted by Crippen LogP contribution is -2.63. The number of nitro benzene ring substituents is 1. The van der Waals surface area contributed by atoms with E-state index in [2.05, 4.69) is 4.74 Å². The lowest BCUT2D eigenvalue weighted by atomic mass is 9.98. The molecule has 0 bridgehead atoms. The van der Waals surface area contributed by atoms with Crippen molar-refractivity contribution < 1.29 is 57.6 Å². The van der Waals surface area contributed by atoms with Gasteiger partial charge in [-0.3, -0.25) is 19.7 Å². The maximum Gasteiger partial charge on any atom is 0.342 e. The van der Waals surface area contributed by atoms with E-state index in [1.807, 2.05) is 0 Å². The maximum atomic E-state index is 12.7. The molecule has 14 nitrogen and oxygen atoms in total. The van der Waals surface area contributed by atoms with E-state index in [4.69, 9.17) is 23.7 Å². The Morgan fingerprint density at radius 2 is 1.64 bits per heavy atom. The third kappa shape index (κ3) is 7.11. The molecule has 5 atom stereocenters.